The van der Waals surface area contributed by atoms with Crippen molar-refractivity contribution in [3.63, 3.8) is 0 Å². The Morgan fingerprint density at radius 1 is 1.38 bits per heavy atom. The SMILES string of the molecule is CC1(NC(=O)C2(C)COCC2N)CCCC1. The van der Waals surface area contributed by atoms with E-state index in [1.54, 1.807) is 0 Å². The van der Waals surface area contributed by atoms with Gasteiger partial charge in [-0.25, -0.2) is 0 Å². The summed E-state index contributed by atoms with van der Waals surface area (Å²) in [5.41, 5.74) is 5.37. The van der Waals surface area contributed by atoms with Crippen LogP contribution in [0.2, 0.25) is 0 Å². The van der Waals surface area contributed by atoms with Crippen LogP contribution in [0.1, 0.15) is 39.5 Å². The summed E-state index contributed by atoms with van der Waals surface area (Å²) in [5.74, 6) is 0.0573. The van der Waals surface area contributed by atoms with Crippen molar-refractivity contribution in [2.45, 2.75) is 51.1 Å². The van der Waals surface area contributed by atoms with Crippen LogP contribution in [0, 0.1) is 5.41 Å². The van der Waals surface area contributed by atoms with Gasteiger partial charge in [-0.1, -0.05) is 12.8 Å². The molecule has 3 N–H and O–H groups in total. The number of carbonyl (C=O) groups is 1. The molecule has 0 aromatic carbocycles. The van der Waals surface area contributed by atoms with Gasteiger partial charge in [-0.15, -0.1) is 0 Å². The van der Waals surface area contributed by atoms with E-state index in [0.717, 1.165) is 12.8 Å². The van der Waals surface area contributed by atoms with Crippen molar-refractivity contribution in [2.24, 2.45) is 11.1 Å². The topological polar surface area (TPSA) is 64.3 Å². The van der Waals surface area contributed by atoms with Crippen molar-refractivity contribution in [2.75, 3.05) is 13.2 Å². The van der Waals surface area contributed by atoms with E-state index in [4.69, 9.17) is 10.5 Å². The van der Waals surface area contributed by atoms with Gasteiger partial charge in [-0.3, -0.25) is 4.79 Å². The van der Waals surface area contributed by atoms with Crippen molar-refractivity contribution in [3.8, 4) is 0 Å². The number of rotatable bonds is 2. The first-order chi connectivity index (χ1) is 7.46. The first-order valence-corrected chi connectivity index (χ1v) is 6.12. The van der Waals surface area contributed by atoms with E-state index in [1.807, 2.05) is 6.92 Å². The zero-order valence-corrected chi connectivity index (χ0v) is 10.2. The third-order valence-electron chi connectivity index (χ3n) is 4.16. The second-order valence-corrected chi connectivity index (χ2v) is 5.76. The number of carbonyl (C=O) groups excluding carboxylic acids is 1. The van der Waals surface area contributed by atoms with Crippen LogP contribution in [0.15, 0.2) is 0 Å². The highest BCUT2D eigenvalue weighted by molar-refractivity contribution is 5.84. The Balaban J connectivity index is 2.02. The summed E-state index contributed by atoms with van der Waals surface area (Å²) in [5, 5.41) is 3.17. The first-order valence-electron chi connectivity index (χ1n) is 6.12. The van der Waals surface area contributed by atoms with E-state index >= 15 is 0 Å². The Labute approximate surface area is 96.9 Å². The zero-order chi connectivity index (χ0) is 11.8. The molecular weight excluding hydrogens is 204 g/mol. The lowest BCUT2D eigenvalue weighted by Crippen LogP contribution is -2.55. The van der Waals surface area contributed by atoms with Crippen LogP contribution in [0.3, 0.4) is 0 Å². The molecule has 4 heteroatoms. The molecule has 2 rings (SSSR count). The molecule has 0 aromatic rings. The molecule has 2 aliphatic rings. The number of ether oxygens (including phenoxy) is 1. The third kappa shape index (κ3) is 1.96. The van der Waals surface area contributed by atoms with Crippen LogP contribution in [0.4, 0.5) is 0 Å². The Kier molecular flexibility index (Phi) is 2.97. The van der Waals surface area contributed by atoms with E-state index < -0.39 is 5.41 Å². The van der Waals surface area contributed by atoms with E-state index in [2.05, 4.69) is 12.2 Å². The maximum absolute atomic E-state index is 12.3. The molecule has 0 aromatic heterocycles. The largest absolute Gasteiger partial charge is 0.379 e. The second-order valence-electron chi connectivity index (χ2n) is 5.76. The first kappa shape index (κ1) is 11.9. The van der Waals surface area contributed by atoms with Crippen LogP contribution in [-0.4, -0.2) is 30.7 Å². The van der Waals surface area contributed by atoms with Crippen LogP contribution >= 0.6 is 0 Å². The van der Waals surface area contributed by atoms with Crippen LogP contribution in [0.25, 0.3) is 0 Å². The quantitative estimate of drug-likeness (QED) is 0.732. The Morgan fingerprint density at radius 3 is 2.50 bits per heavy atom. The molecule has 2 unspecified atom stereocenters. The molecule has 0 radical (unpaired) electrons. The standard InChI is InChI=1S/C12H22N2O2/c1-11(5-3-4-6-11)14-10(15)12(2)8-16-7-9(12)13/h9H,3-8,13H2,1-2H3,(H,14,15). The average molecular weight is 226 g/mol. The fraction of sp³-hybridized carbons (Fsp3) is 0.917. The minimum atomic E-state index is -0.550. The predicted molar refractivity (Wildman–Crippen MR) is 61.9 cm³/mol. The molecule has 92 valence electrons. The number of hydrogen-bond acceptors (Lipinski definition) is 3. The van der Waals surface area contributed by atoms with Crippen molar-refractivity contribution < 1.29 is 9.53 Å². The number of nitrogens with two attached hydrogens (primary N) is 1. The van der Waals surface area contributed by atoms with Gasteiger partial charge in [0.15, 0.2) is 0 Å². The molecule has 16 heavy (non-hydrogen) atoms. The predicted octanol–water partition coefficient (Wildman–Crippen LogP) is 0.799. The van der Waals surface area contributed by atoms with E-state index in [1.165, 1.54) is 12.8 Å². The Morgan fingerprint density at radius 2 is 2.00 bits per heavy atom. The molecule has 4 nitrogen and oxygen atoms in total. The molecule has 1 saturated carbocycles. The zero-order valence-electron chi connectivity index (χ0n) is 10.2. The smallest absolute Gasteiger partial charge is 0.230 e. The van der Waals surface area contributed by atoms with Gasteiger partial charge < -0.3 is 15.8 Å². The normalized spacial score (nSPS) is 37.6. The molecule has 1 aliphatic heterocycles. The lowest BCUT2D eigenvalue weighted by Gasteiger charge is -2.32. The molecule has 1 heterocycles. The van der Waals surface area contributed by atoms with E-state index in [-0.39, 0.29) is 17.5 Å². The molecule has 1 aliphatic carbocycles. The minimum absolute atomic E-state index is 0.0254. The molecule has 2 fully saturated rings. The highest BCUT2D eigenvalue weighted by Crippen LogP contribution is 2.32. The van der Waals surface area contributed by atoms with Gasteiger partial charge in [0.05, 0.1) is 18.6 Å². The molecule has 0 bridgehead atoms. The summed E-state index contributed by atoms with van der Waals surface area (Å²) in [6.45, 7) is 4.96. The third-order valence-corrected chi connectivity index (χ3v) is 4.16. The molecule has 1 saturated heterocycles. The van der Waals surface area contributed by atoms with Gasteiger partial charge in [0.2, 0.25) is 5.91 Å². The molecular formula is C12H22N2O2. The summed E-state index contributed by atoms with van der Waals surface area (Å²) in [7, 11) is 0. The average Bonchev–Trinajstić information content (AvgIpc) is 2.76. The van der Waals surface area contributed by atoms with Crippen molar-refractivity contribution in [3.05, 3.63) is 0 Å². The Bertz CT molecular complexity index is 287. The van der Waals surface area contributed by atoms with Gasteiger partial charge in [0.1, 0.15) is 0 Å². The molecule has 0 spiro atoms. The maximum Gasteiger partial charge on any atom is 0.230 e. The highest BCUT2D eigenvalue weighted by atomic mass is 16.5. The van der Waals surface area contributed by atoms with Gasteiger partial charge in [-0.05, 0) is 26.7 Å². The van der Waals surface area contributed by atoms with Crippen molar-refractivity contribution >= 4 is 5.91 Å². The van der Waals surface area contributed by atoms with Gasteiger partial charge in [0, 0.05) is 11.6 Å². The fourth-order valence-corrected chi connectivity index (χ4v) is 2.62. The maximum atomic E-state index is 12.3. The molecule has 1 amide bonds. The Hall–Kier alpha value is -0.610. The van der Waals surface area contributed by atoms with Gasteiger partial charge in [-0.2, -0.15) is 0 Å². The summed E-state index contributed by atoms with van der Waals surface area (Å²) in [4.78, 5) is 12.3. The molecule has 2 atom stereocenters. The lowest BCUT2D eigenvalue weighted by atomic mass is 9.83. The second kappa shape index (κ2) is 4.00. The monoisotopic (exact) mass is 226 g/mol. The van der Waals surface area contributed by atoms with E-state index in [9.17, 15) is 4.79 Å². The summed E-state index contributed by atoms with van der Waals surface area (Å²) in [6, 6.07) is -0.183. The van der Waals surface area contributed by atoms with Crippen LogP contribution in [-0.2, 0) is 9.53 Å². The fourth-order valence-electron chi connectivity index (χ4n) is 2.62. The van der Waals surface area contributed by atoms with E-state index in [0.29, 0.717) is 13.2 Å². The minimum Gasteiger partial charge on any atom is -0.379 e. The lowest BCUT2D eigenvalue weighted by molar-refractivity contribution is -0.132. The van der Waals surface area contributed by atoms with Gasteiger partial charge in [0.25, 0.3) is 0 Å². The van der Waals surface area contributed by atoms with Crippen molar-refractivity contribution in [1.82, 2.24) is 5.32 Å². The number of nitrogens with one attached hydrogen (secondary N) is 1. The number of hydrogen-bond donors (Lipinski definition) is 2. The van der Waals surface area contributed by atoms with Crippen LogP contribution in [0.5, 0.6) is 0 Å². The van der Waals surface area contributed by atoms with Gasteiger partial charge >= 0.3 is 0 Å². The summed E-state index contributed by atoms with van der Waals surface area (Å²) in [6.07, 6.45) is 4.56. The summed E-state index contributed by atoms with van der Waals surface area (Å²) >= 11 is 0. The van der Waals surface area contributed by atoms with Crippen LogP contribution < -0.4 is 11.1 Å². The number of amides is 1. The highest BCUT2D eigenvalue weighted by Gasteiger charge is 2.46. The summed E-state index contributed by atoms with van der Waals surface area (Å²) < 4.78 is 5.31. The van der Waals surface area contributed by atoms with Crippen molar-refractivity contribution in [1.29, 1.82) is 0 Å².